The van der Waals surface area contributed by atoms with Crippen LogP contribution in [0.15, 0.2) is 18.2 Å². The van der Waals surface area contributed by atoms with Gasteiger partial charge in [-0.05, 0) is 36.2 Å². The molecule has 4 rings (SSSR count). The number of hydrogen-bond acceptors (Lipinski definition) is 5. The number of nitrogens with one attached hydrogen (secondary N) is 1. The van der Waals surface area contributed by atoms with E-state index in [9.17, 15) is 27.9 Å². The van der Waals surface area contributed by atoms with Gasteiger partial charge in [0.1, 0.15) is 11.3 Å². The lowest BCUT2D eigenvalue weighted by atomic mass is 9.72. The standard InChI is InChI=1S/C24H31F3N4O3/c1-23(2,3)21(20(33)17(28)13-7-14(32)8-13)29-22(34)18-15-5-4-6-16(25)19(15)31(30-18)11-12-9-24(26,27)10-12/h4-6,12-14,17,21,32H,7-11,28H2,1-3H3,(H,29,34). The normalized spacial score (nSPS) is 24.2. The molecule has 1 aromatic carbocycles. The first-order chi connectivity index (χ1) is 15.8. The number of aromatic nitrogens is 2. The zero-order valence-electron chi connectivity index (χ0n) is 19.5. The number of aliphatic hydroxyl groups is 1. The summed E-state index contributed by atoms with van der Waals surface area (Å²) in [5, 5.41) is 16.8. The van der Waals surface area contributed by atoms with Gasteiger partial charge in [0, 0.05) is 24.8 Å². The largest absolute Gasteiger partial charge is 0.393 e. The number of rotatable bonds is 7. The maximum atomic E-state index is 14.7. The molecule has 0 aliphatic heterocycles. The van der Waals surface area contributed by atoms with Crippen LogP contribution in [-0.2, 0) is 11.3 Å². The van der Waals surface area contributed by atoms with Crippen molar-refractivity contribution in [3.8, 4) is 0 Å². The molecule has 2 aliphatic carbocycles. The first-order valence-corrected chi connectivity index (χ1v) is 11.6. The summed E-state index contributed by atoms with van der Waals surface area (Å²) in [5.74, 6) is -4.86. The lowest BCUT2D eigenvalue weighted by Crippen LogP contribution is -2.58. The van der Waals surface area contributed by atoms with E-state index >= 15 is 0 Å². The molecule has 186 valence electrons. The van der Waals surface area contributed by atoms with Crippen LogP contribution in [-0.4, -0.2) is 50.7 Å². The molecule has 0 radical (unpaired) electrons. The van der Waals surface area contributed by atoms with Gasteiger partial charge in [-0.3, -0.25) is 14.3 Å². The number of fused-ring (bicyclic) bond motifs is 1. The van der Waals surface area contributed by atoms with Gasteiger partial charge < -0.3 is 16.2 Å². The number of nitrogens with two attached hydrogens (primary N) is 1. The Bertz CT molecular complexity index is 1100. The third-order valence-corrected chi connectivity index (χ3v) is 6.95. The Balaban J connectivity index is 1.59. The summed E-state index contributed by atoms with van der Waals surface area (Å²) in [5.41, 5.74) is 5.49. The number of carbonyl (C=O) groups is 2. The fourth-order valence-electron chi connectivity index (χ4n) is 4.91. The summed E-state index contributed by atoms with van der Waals surface area (Å²) in [6.07, 6.45) is -0.206. The van der Waals surface area contributed by atoms with Gasteiger partial charge in [-0.25, -0.2) is 13.2 Å². The lowest BCUT2D eigenvalue weighted by Gasteiger charge is -2.39. The predicted octanol–water partition coefficient (Wildman–Crippen LogP) is 3.03. The molecule has 1 aromatic heterocycles. The van der Waals surface area contributed by atoms with Gasteiger partial charge in [0.25, 0.3) is 5.91 Å². The summed E-state index contributed by atoms with van der Waals surface area (Å²) < 4.78 is 42.5. The smallest absolute Gasteiger partial charge is 0.273 e. The summed E-state index contributed by atoms with van der Waals surface area (Å²) in [4.78, 5) is 26.5. The first-order valence-electron chi connectivity index (χ1n) is 11.6. The number of hydrogen-bond donors (Lipinski definition) is 3. The van der Waals surface area contributed by atoms with Gasteiger partial charge in [-0.15, -0.1) is 0 Å². The number of carbonyl (C=O) groups excluding carboxylic acids is 2. The second-order valence-corrected chi connectivity index (χ2v) is 10.9. The van der Waals surface area contributed by atoms with Crippen LogP contribution >= 0.6 is 0 Å². The highest BCUT2D eigenvalue weighted by molar-refractivity contribution is 6.07. The minimum Gasteiger partial charge on any atom is -0.393 e. The number of benzene rings is 1. The number of aliphatic hydroxyl groups excluding tert-OH is 1. The molecule has 2 aromatic rings. The van der Waals surface area contributed by atoms with Crippen LogP contribution in [0.4, 0.5) is 13.2 Å². The highest BCUT2D eigenvalue weighted by atomic mass is 19.3. The fraction of sp³-hybridized carbons (Fsp3) is 0.625. The van der Waals surface area contributed by atoms with Crippen LogP contribution < -0.4 is 11.1 Å². The van der Waals surface area contributed by atoms with E-state index in [4.69, 9.17) is 5.73 Å². The maximum absolute atomic E-state index is 14.7. The van der Waals surface area contributed by atoms with Crippen molar-refractivity contribution in [1.29, 1.82) is 0 Å². The second-order valence-electron chi connectivity index (χ2n) is 10.9. The van der Waals surface area contributed by atoms with Crippen LogP contribution in [0.25, 0.3) is 10.9 Å². The Labute approximate surface area is 195 Å². The van der Waals surface area contributed by atoms with Crippen molar-refractivity contribution < 1.29 is 27.9 Å². The molecule has 2 saturated carbocycles. The zero-order valence-corrected chi connectivity index (χ0v) is 19.5. The van der Waals surface area contributed by atoms with Crippen molar-refractivity contribution in [2.75, 3.05) is 0 Å². The molecule has 2 aliphatic rings. The van der Waals surface area contributed by atoms with Crippen molar-refractivity contribution in [2.24, 2.45) is 23.0 Å². The van der Waals surface area contributed by atoms with E-state index in [-0.39, 0.29) is 53.6 Å². The quantitative estimate of drug-likeness (QED) is 0.564. The second kappa shape index (κ2) is 8.64. The molecule has 1 heterocycles. The molecule has 7 nitrogen and oxygen atoms in total. The molecule has 0 bridgehead atoms. The molecule has 0 spiro atoms. The van der Waals surface area contributed by atoms with Gasteiger partial charge in [0.15, 0.2) is 11.5 Å². The van der Waals surface area contributed by atoms with E-state index in [0.29, 0.717) is 12.8 Å². The molecule has 2 atom stereocenters. The first kappa shape index (κ1) is 24.7. The number of amides is 1. The molecular weight excluding hydrogens is 449 g/mol. The van der Waals surface area contributed by atoms with Gasteiger partial charge in [-0.1, -0.05) is 32.9 Å². The lowest BCUT2D eigenvalue weighted by molar-refractivity contribution is -0.127. The molecular formula is C24H31F3N4O3. The molecule has 10 heteroatoms. The van der Waals surface area contributed by atoms with Crippen molar-refractivity contribution >= 4 is 22.6 Å². The Morgan fingerprint density at radius 1 is 1.29 bits per heavy atom. The summed E-state index contributed by atoms with van der Waals surface area (Å²) >= 11 is 0. The van der Waals surface area contributed by atoms with E-state index in [1.54, 1.807) is 26.8 Å². The van der Waals surface area contributed by atoms with Gasteiger partial charge >= 0.3 is 0 Å². The van der Waals surface area contributed by atoms with Crippen LogP contribution in [0.2, 0.25) is 0 Å². The summed E-state index contributed by atoms with van der Waals surface area (Å²) in [6, 6.07) is 2.45. The summed E-state index contributed by atoms with van der Waals surface area (Å²) in [6.45, 7) is 5.46. The third-order valence-electron chi connectivity index (χ3n) is 6.95. The van der Waals surface area contributed by atoms with E-state index in [0.717, 1.165) is 0 Å². The van der Waals surface area contributed by atoms with Crippen LogP contribution in [0, 0.1) is 23.1 Å². The Kier molecular flexibility index (Phi) is 6.27. The SMILES string of the molecule is CC(C)(C)C(NC(=O)c1nn(CC2CC(F)(F)C2)c2c(F)cccc12)C(=O)C(N)C1CC(O)C1. The monoisotopic (exact) mass is 480 g/mol. The van der Waals surface area contributed by atoms with E-state index in [1.165, 1.54) is 16.8 Å². The summed E-state index contributed by atoms with van der Waals surface area (Å²) in [7, 11) is 0. The Morgan fingerprint density at radius 3 is 2.50 bits per heavy atom. The molecule has 2 fully saturated rings. The minimum absolute atomic E-state index is 0.0663. The van der Waals surface area contributed by atoms with Crippen LogP contribution in [0.3, 0.4) is 0 Å². The van der Waals surface area contributed by atoms with Crippen molar-refractivity contribution in [2.45, 2.75) is 77.1 Å². The Morgan fingerprint density at radius 2 is 1.94 bits per heavy atom. The highest BCUT2D eigenvalue weighted by Crippen LogP contribution is 2.43. The average Bonchev–Trinajstić information content (AvgIpc) is 3.06. The zero-order chi connectivity index (χ0) is 25.0. The van der Waals surface area contributed by atoms with Crippen LogP contribution in [0.5, 0.6) is 0 Å². The molecule has 2 unspecified atom stereocenters. The van der Waals surface area contributed by atoms with E-state index in [1.807, 2.05) is 0 Å². The van der Waals surface area contributed by atoms with E-state index in [2.05, 4.69) is 10.4 Å². The molecule has 1 amide bonds. The van der Waals surface area contributed by atoms with E-state index < -0.39 is 41.2 Å². The topological polar surface area (TPSA) is 110 Å². The number of Topliss-reactive ketones (excluding diaryl/α,β-unsaturated/α-hetero) is 1. The Hall–Kier alpha value is -2.46. The number of nitrogens with zero attached hydrogens (tertiary/aromatic N) is 2. The van der Waals surface area contributed by atoms with Gasteiger partial charge in [0.05, 0.1) is 18.2 Å². The molecule has 4 N–H and O–H groups in total. The molecule has 0 saturated heterocycles. The van der Waals surface area contributed by atoms with Crippen molar-refractivity contribution in [3.63, 3.8) is 0 Å². The number of alkyl halides is 2. The number of halogens is 3. The average molecular weight is 481 g/mol. The van der Waals surface area contributed by atoms with Crippen molar-refractivity contribution in [1.82, 2.24) is 15.1 Å². The fourth-order valence-corrected chi connectivity index (χ4v) is 4.91. The number of ketones is 1. The van der Waals surface area contributed by atoms with Gasteiger partial charge in [0.2, 0.25) is 5.92 Å². The molecule has 34 heavy (non-hydrogen) atoms. The van der Waals surface area contributed by atoms with Crippen molar-refractivity contribution in [3.05, 3.63) is 29.7 Å². The minimum atomic E-state index is -2.72. The predicted molar refractivity (Wildman–Crippen MR) is 120 cm³/mol. The highest BCUT2D eigenvalue weighted by Gasteiger charge is 2.46. The van der Waals surface area contributed by atoms with Gasteiger partial charge in [-0.2, -0.15) is 5.10 Å². The third kappa shape index (κ3) is 4.70. The number of para-hydroxylation sites is 1. The van der Waals surface area contributed by atoms with Crippen LogP contribution in [0.1, 0.15) is 56.9 Å². The maximum Gasteiger partial charge on any atom is 0.273 e.